The molecule has 1 rings (SSSR count). The fraction of sp³-hybridized carbons (Fsp3) is 1.00. The van der Waals surface area contributed by atoms with Crippen LogP contribution in [0.5, 0.6) is 0 Å². The number of hydrogen-bond acceptors (Lipinski definition) is 1. The fourth-order valence-corrected chi connectivity index (χ4v) is 2.31. The van der Waals surface area contributed by atoms with E-state index in [0.29, 0.717) is 0 Å². The van der Waals surface area contributed by atoms with Gasteiger partial charge >= 0.3 is 0 Å². The zero-order valence-corrected chi connectivity index (χ0v) is 8.70. The molecule has 0 aromatic heterocycles. The van der Waals surface area contributed by atoms with Crippen LogP contribution in [0.1, 0.15) is 12.8 Å². The van der Waals surface area contributed by atoms with Crippen LogP contribution in [0.25, 0.3) is 0 Å². The van der Waals surface area contributed by atoms with Gasteiger partial charge in [-0.2, -0.15) is 0 Å². The van der Waals surface area contributed by atoms with Crippen molar-refractivity contribution in [3.05, 3.63) is 0 Å². The van der Waals surface area contributed by atoms with E-state index in [1.54, 1.807) is 0 Å². The average molecular weight is 257 g/mol. The Labute approximate surface area is 73.1 Å². The summed E-state index contributed by atoms with van der Waals surface area (Å²) in [5.74, 6) is 0. The molecule has 1 atom stereocenters. The van der Waals surface area contributed by atoms with Crippen molar-refractivity contribution in [2.24, 2.45) is 0 Å². The molecular formula is C6H11Br2N. The molecule has 1 aliphatic heterocycles. The first kappa shape index (κ1) is 8.02. The molecule has 0 aromatic carbocycles. The van der Waals surface area contributed by atoms with Crippen LogP contribution < -0.4 is 0 Å². The molecular weight excluding hydrogens is 246 g/mol. The summed E-state index contributed by atoms with van der Waals surface area (Å²) in [5.41, 5.74) is 0. The molecule has 9 heavy (non-hydrogen) atoms. The van der Waals surface area contributed by atoms with E-state index in [9.17, 15) is 0 Å². The summed E-state index contributed by atoms with van der Waals surface area (Å²) in [6.45, 7) is 1.22. The Morgan fingerprint density at radius 1 is 1.67 bits per heavy atom. The van der Waals surface area contributed by atoms with E-state index >= 15 is 0 Å². The third kappa shape index (κ3) is 1.49. The van der Waals surface area contributed by atoms with Crippen molar-refractivity contribution in [2.75, 3.05) is 18.9 Å². The topological polar surface area (TPSA) is 3.24 Å². The SMILES string of the molecule is CN1CCCC1(Br)CBr. The minimum Gasteiger partial charge on any atom is -0.291 e. The average Bonchev–Trinajstić information content (AvgIpc) is 2.15. The molecule has 0 saturated carbocycles. The van der Waals surface area contributed by atoms with Gasteiger partial charge in [0.1, 0.15) is 0 Å². The second-order valence-corrected chi connectivity index (χ2v) is 4.61. The Kier molecular flexibility index (Phi) is 2.57. The predicted molar refractivity (Wildman–Crippen MR) is 47.3 cm³/mol. The molecule has 0 bridgehead atoms. The number of nitrogens with zero attached hydrogens (tertiary/aromatic N) is 1. The van der Waals surface area contributed by atoms with Gasteiger partial charge in [0.25, 0.3) is 0 Å². The van der Waals surface area contributed by atoms with Crippen LogP contribution >= 0.6 is 31.9 Å². The highest BCUT2D eigenvalue weighted by Crippen LogP contribution is 2.34. The second kappa shape index (κ2) is 2.89. The van der Waals surface area contributed by atoms with E-state index in [1.165, 1.54) is 19.4 Å². The molecule has 54 valence electrons. The van der Waals surface area contributed by atoms with Gasteiger partial charge < -0.3 is 0 Å². The van der Waals surface area contributed by atoms with Gasteiger partial charge in [-0.25, -0.2) is 0 Å². The summed E-state index contributed by atoms with van der Waals surface area (Å²) in [5, 5.41) is 1.02. The maximum absolute atomic E-state index is 3.69. The van der Waals surface area contributed by atoms with E-state index in [1.807, 2.05) is 0 Å². The molecule has 0 spiro atoms. The van der Waals surface area contributed by atoms with Gasteiger partial charge in [-0.1, -0.05) is 31.9 Å². The highest BCUT2D eigenvalue weighted by Gasteiger charge is 2.34. The Bertz CT molecular complexity index is 107. The van der Waals surface area contributed by atoms with E-state index in [0.717, 1.165) is 5.33 Å². The van der Waals surface area contributed by atoms with Crippen molar-refractivity contribution in [1.82, 2.24) is 4.90 Å². The molecule has 0 aromatic rings. The Morgan fingerprint density at radius 2 is 2.33 bits per heavy atom. The summed E-state index contributed by atoms with van der Waals surface area (Å²) in [6.07, 6.45) is 2.57. The lowest BCUT2D eigenvalue weighted by Crippen LogP contribution is -2.36. The number of halogens is 2. The summed E-state index contributed by atoms with van der Waals surface area (Å²) in [4.78, 5) is 2.35. The number of likely N-dealkylation sites (tertiary alicyclic amines) is 1. The quantitative estimate of drug-likeness (QED) is 0.514. The molecule has 1 aliphatic rings. The first-order chi connectivity index (χ1) is 4.19. The lowest BCUT2D eigenvalue weighted by molar-refractivity contribution is 0.311. The summed E-state index contributed by atoms with van der Waals surface area (Å²) < 4.78 is 0.257. The van der Waals surface area contributed by atoms with Crippen molar-refractivity contribution < 1.29 is 0 Å². The fourth-order valence-electron chi connectivity index (χ4n) is 1.15. The van der Waals surface area contributed by atoms with Crippen molar-refractivity contribution >= 4 is 31.9 Å². The molecule has 0 amide bonds. The Hall–Kier alpha value is 0.920. The normalized spacial score (nSPS) is 37.7. The summed E-state index contributed by atoms with van der Waals surface area (Å²) in [6, 6.07) is 0. The van der Waals surface area contributed by atoms with Crippen LogP contribution in [0.3, 0.4) is 0 Å². The summed E-state index contributed by atoms with van der Waals surface area (Å²) in [7, 11) is 2.16. The van der Waals surface area contributed by atoms with Crippen LogP contribution in [0.4, 0.5) is 0 Å². The molecule has 0 radical (unpaired) electrons. The van der Waals surface area contributed by atoms with Crippen LogP contribution in [-0.4, -0.2) is 28.3 Å². The first-order valence-corrected chi connectivity index (χ1v) is 5.06. The van der Waals surface area contributed by atoms with Crippen molar-refractivity contribution in [1.29, 1.82) is 0 Å². The molecule has 1 saturated heterocycles. The van der Waals surface area contributed by atoms with Gasteiger partial charge in [-0.05, 0) is 26.4 Å². The maximum Gasteiger partial charge on any atom is 0.0862 e. The molecule has 0 aliphatic carbocycles. The van der Waals surface area contributed by atoms with Crippen molar-refractivity contribution in [3.8, 4) is 0 Å². The highest BCUT2D eigenvalue weighted by molar-refractivity contribution is 9.12. The first-order valence-electron chi connectivity index (χ1n) is 3.15. The van der Waals surface area contributed by atoms with Crippen LogP contribution in [0.2, 0.25) is 0 Å². The largest absolute Gasteiger partial charge is 0.291 e. The second-order valence-electron chi connectivity index (χ2n) is 2.58. The molecule has 1 heterocycles. The number of rotatable bonds is 1. The van der Waals surface area contributed by atoms with Gasteiger partial charge in [0, 0.05) is 5.33 Å². The van der Waals surface area contributed by atoms with Gasteiger partial charge in [-0.15, -0.1) is 0 Å². The Balaban J connectivity index is 2.56. The van der Waals surface area contributed by atoms with Crippen molar-refractivity contribution in [3.63, 3.8) is 0 Å². The summed E-state index contributed by atoms with van der Waals surface area (Å²) >= 11 is 7.17. The Morgan fingerprint density at radius 3 is 2.56 bits per heavy atom. The van der Waals surface area contributed by atoms with Gasteiger partial charge in [-0.3, -0.25) is 4.90 Å². The highest BCUT2D eigenvalue weighted by atomic mass is 79.9. The van der Waals surface area contributed by atoms with Gasteiger partial charge in [0.15, 0.2) is 0 Å². The van der Waals surface area contributed by atoms with Crippen molar-refractivity contribution in [2.45, 2.75) is 17.3 Å². The molecule has 3 heteroatoms. The van der Waals surface area contributed by atoms with Crippen LogP contribution in [-0.2, 0) is 0 Å². The van der Waals surface area contributed by atoms with Gasteiger partial charge in [0.2, 0.25) is 0 Å². The van der Waals surface area contributed by atoms with Crippen LogP contribution in [0, 0.1) is 0 Å². The molecule has 0 N–H and O–H groups in total. The van der Waals surface area contributed by atoms with E-state index in [2.05, 4.69) is 43.8 Å². The zero-order chi connectivity index (χ0) is 6.91. The maximum atomic E-state index is 3.69. The monoisotopic (exact) mass is 255 g/mol. The smallest absolute Gasteiger partial charge is 0.0862 e. The zero-order valence-electron chi connectivity index (χ0n) is 5.53. The minimum absolute atomic E-state index is 0.257. The molecule has 1 unspecified atom stereocenters. The lowest BCUT2D eigenvalue weighted by atomic mass is 10.2. The van der Waals surface area contributed by atoms with E-state index in [4.69, 9.17) is 0 Å². The van der Waals surface area contributed by atoms with Crippen LogP contribution in [0.15, 0.2) is 0 Å². The number of alkyl halides is 2. The standard InChI is InChI=1S/C6H11Br2N/c1-9-4-2-3-6(9,8)5-7/h2-5H2,1H3. The number of hydrogen-bond donors (Lipinski definition) is 0. The third-order valence-electron chi connectivity index (χ3n) is 1.94. The minimum atomic E-state index is 0.257. The predicted octanol–water partition coefficient (Wildman–Crippen LogP) is 2.20. The van der Waals surface area contributed by atoms with E-state index in [-0.39, 0.29) is 4.45 Å². The third-order valence-corrected chi connectivity index (χ3v) is 4.90. The van der Waals surface area contributed by atoms with E-state index < -0.39 is 0 Å². The lowest BCUT2D eigenvalue weighted by Gasteiger charge is -2.27. The molecule has 1 nitrogen and oxygen atoms in total. The molecule has 1 fully saturated rings. The van der Waals surface area contributed by atoms with Gasteiger partial charge in [0.05, 0.1) is 4.45 Å².